The summed E-state index contributed by atoms with van der Waals surface area (Å²) in [6.45, 7) is 0. The van der Waals surface area contributed by atoms with Crippen molar-refractivity contribution in [3.8, 4) is 0 Å². The van der Waals surface area contributed by atoms with Gasteiger partial charge in [0, 0.05) is 24.0 Å². The van der Waals surface area contributed by atoms with Crippen molar-refractivity contribution in [1.82, 2.24) is 14.9 Å². The van der Waals surface area contributed by atoms with Gasteiger partial charge in [-0.05, 0) is 42.2 Å². The Kier molecular flexibility index (Phi) is 3.58. The Labute approximate surface area is 135 Å². The number of amides is 1. The number of carbonyl (C=O) groups excluding carboxylic acids is 1. The summed E-state index contributed by atoms with van der Waals surface area (Å²) in [6.07, 6.45) is 8.84. The van der Waals surface area contributed by atoms with E-state index in [4.69, 9.17) is 0 Å². The molecule has 0 radical (unpaired) electrons. The fourth-order valence-electron chi connectivity index (χ4n) is 3.51. The molecule has 1 aliphatic rings. The quantitative estimate of drug-likeness (QED) is 0.804. The third-order valence-electron chi connectivity index (χ3n) is 4.72. The summed E-state index contributed by atoms with van der Waals surface area (Å²) in [6, 6.07) is 14.5. The van der Waals surface area contributed by atoms with Crippen LogP contribution < -0.4 is 5.32 Å². The zero-order valence-corrected chi connectivity index (χ0v) is 12.9. The molecule has 0 bridgehead atoms. The van der Waals surface area contributed by atoms with Gasteiger partial charge in [0.15, 0.2) is 0 Å². The fourth-order valence-corrected chi connectivity index (χ4v) is 3.51. The summed E-state index contributed by atoms with van der Waals surface area (Å²) in [5, 5.41) is 5.46. The largest absolute Gasteiger partial charge is 0.347 e. The SMILES string of the molecule is O=C(N[C@H]1CCC[C@H]1n1ccnc1)c1ccc2ccccc2c1. The summed E-state index contributed by atoms with van der Waals surface area (Å²) in [4.78, 5) is 16.7. The number of fused-ring (bicyclic) bond motifs is 1. The van der Waals surface area contributed by atoms with Crippen molar-refractivity contribution in [3.63, 3.8) is 0 Å². The summed E-state index contributed by atoms with van der Waals surface area (Å²) in [5.74, 6) is 0.00719. The van der Waals surface area contributed by atoms with Crippen molar-refractivity contribution in [3.05, 3.63) is 66.7 Å². The number of nitrogens with zero attached hydrogens (tertiary/aromatic N) is 2. The molecule has 2 atom stereocenters. The zero-order chi connectivity index (χ0) is 15.6. The van der Waals surface area contributed by atoms with Crippen LogP contribution in [0.15, 0.2) is 61.2 Å². The van der Waals surface area contributed by atoms with Gasteiger partial charge in [0.05, 0.1) is 12.4 Å². The molecule has 1 aliphatic carbocycles. The standard InChI is InChI=1S/C19H19N3O/c23-19(16-9-8-14-4-1-2-5-15(14)12-16)21-17-6-3-7-18(17)22-11-10-20-13-22/h1-2,4-5,8-13,17-18H,3,6-7H2,(H,21,23)/t17-,18+/m0/s1. The second-order valence-electron chi connectivity index (χ2n) is 6.15. The summed E-state index contributed by atoms with van der Waals surface area (Å²) < 4.78 is 2.11. The number of imidazole rings is 1. The number of aromatic nitrogens is 2. The van der Waals surface area contributed by atoms with Crippen LogP contribution >= 0.6 is 0 Å². The first kappa shape index (κ1) is 14.0. The zero-order valence-electron chi connectivity index (χ0n) is 12.9. The molecule has 116 valence electrons. The highest BCUT2D eigenvalue weighted by molar-refractivity contribution is 5.98. The Morgan fingerprint density at radius 1 is 1.13 bits per heavy atom. The van der Waals surface area contributed by atoms with E-state index in [0.717, 1.165) is 35.6 Å². The van der Waals surface area contributed by atoms with Crippen LogP contribution in [0.3, 0.4) is 0 Å². The van der Waals surface area contributed by atoms with Crippen LogP contribution in [-0.2, 0) is 0 Å². The van der Waals surface area contributed by atoms with Crippen molar-refractivity contribution < 1.29 is 4.79 Å². The molecule has 4 nitrogen and oxygen atoms in total. The molecule has 0 saturated heterocycles. The second-order valence-corrected chi connectivity index (χ2v) is 6.15. The minimum atomic E-state index is 0.00719. The average molecular weight is 305 g/mol. The Morgan fingerprint density at radius 3 is 2.83 bits per heavy atom. The predicted molar refractivity (Wildman–Crippen MR) is 90.3 cm³/mol. The van der Waals surface area contributed by atoms with Crippen molar-refractivity contribution >= 4 is 16.7 Å². The van der Waals surface area contributed by atoms with Gasteiger partial charge in [-0.3, -0.25) is 4.79 Å². The maximum atomic E-state index is 12.6. The van der Waals surface area contributed by atoms with E-state index in [2.05, 4.69) is 20.9 Å². The monoisotopic (exact) mass is 305 g/mol. The van der Waals surface area contributed by atoms with Crippen molar-refractivity contribution in [2.45, 2.75) is 31.3 Å². The molecule has 1 amide bonds. The molecule has 1 N–H and O–H groups in total. The number of hydrogen-bond acceptors (Lipinski definition) is 2. The van der Waals surface area contributed by atoms with Crippen molar-refractivity contribution in [1.29, 1.82) is 0 Å². The molecule has 4 heteroatoms. The number of hydrogen-bond donors (Lipinski definition) is 1. The number of rotatable bonds is 3. The summed E-state index contributed by atoms with van der Waals surface area (Å²) in [7, 11) is 0. The first-order chi connectivity index (χ1) is 11.3. The van der Waals surface area contributed by atoms with Gasteiger partial charge >= 0.3 is 0 Å². The van der Waals surface area contributed by atoms with Crippen LogP contribution in [-0.4, -0.2) is 21.5 Å². The van der Waals surface area contributed by atoms with Crippen LogP contribution in [0.5, 0.6) is 0 Å². The van der Waals surface area contributed by atoms with E-state index in [1.54, 1.807) is 6.20 Å². The first-order valence-corrected chi connectivity index (χ1v) is 8.08. The maximum Gasteiger partial charge on any atom is 0.251 e. The van der Waals surface area contributed by atoms with Crippen LogP contribution in [0.1, 0.15) is 35.7 Å². The van der Waals surface area contributed by atoms with E-state index in [9.17, 15) is 4.79 Å². The van der Waals surface area contributed by atoms with Gasteiger partial charge in [0.25, 0.3) is 5.91 Å². The number of nitrogens with one attached hydrogen (secondary N) is 1. The third-order valence-corrected chi connectivity index (χ3v) is 4.72. The summed E-state index contributed by atoms with van der Waals surface area (Å²) in [5.41, 5.74) is 0.722. The predicted octanol–water partition coefficient (Wildman–Crippen LogP) is 3.56. The lowest BCUT2D eigenvalue weighted by Gasteiger charge is -2.22. The van der Waals surface area contributed by atoms with E-state index in [0.29, 0.717) is 6.04 Å². The molecule has 4 rings (SSSR count). The van der Waals surface area contributed by atoms with E-state index in [1.165, 1.54) is 0 Å². The van der Waals surface area contributed by atoms with E-state index >= 15 is 0 Å². The maximum absolute atomic E-state index is 12.6. The van der Waals surface area contributed by atoms with Crippen molar-refractivity contribution in [2.24, 2.45) is 0 Å². The Balaban J connectivity index is 1.54. The Bertz CT molecular complexity index is 826. The fraction of sp³-hybridized carbons (Fsp3) is 0.263. The lowest BCUT2D eigenvalue weighted by Crippen LogP contribution is -2.38. The van der Waals surface area contributed by atoms with Gasteiger partial charge in [-0.2, -0.15) is 0 Å². The van der Waals surface area contributed by atoms with Crippen LogP contribution in [0, 0.1) is 0 Å². The van der Waals surface area contributed by atoms with E-state index < -0.39 is 0 Å². The average Bonchev–Trinajstić information content (AvgIpc) is 3.25. The summed E-state index contributed by atoms with van der Waals surface area (Å²) >= 11 is 0. The van der Waals surface area contributed by atoms with Gasteiger partial charge in [0.1, 0.15) is 0 Å². The topological polar surface area (TPSA) is 46.9 Å². The second kappa shape index (κ2) is 5.88. The Morgan fingerprint density at radius 2 is 2.00 bits per heavy atom. The van der Waals surface area contributed by atoms with E-state index in [-0.39, 0.29) is 11.9 Å². The molecule has 0 spiro atoms. The van der Waals surface area contributed by atoms with Gasteiger partial charge in [0.2, 0.25) is 0 Å². The molecule has 0 aliphatic heterocycles. The molecule has 23 heavy (non-hydrogen) atoms. The van der Waals surface area contributed by atoms with Gasteiger partial charge in [-0.25, -0.2) is 4.98 Å². The molecule has 0 unspecified atom stereocenters. The molecule has 1 heterocycles. The normalized spacial score (nSPS) is 20.7. The molecule has 2 aromatic carbocycles. The highest BCUT2D eigenvalue weighted by Gasteiger charge is 2.29. The van der Waals surface area contributed by atoms with Crippen LogP contribution in [0.2, 0.25) is 0 Å². The van der Waals surface area contributed by atoms with E-state index in [1.807, 2.05) is 48.9 Å². The first-order valence-electron chi connectivity index (χ1n) is 8.08. The molecular weight excluding hydrogens is 286 g/mol. The lowest BCUT2D eigenvalue weighted by atomic mass is 10.1. The van der Waals surface area contributed by atoms with Crippen molar-refractivity contribution in [2.75, 3.05) is 0 Å². The third kappa shape index (κ3) is 2.72. The minimum absolute atomic E-state index is 0.00719. The molecule has 1 fully saturated rings. The molecule has 3 aromatic rings. The van der Waals surface area contributed by atoms with Crippen LogP contribution in [0.25, 0.3) is 10.8 Å². The van der Waals surface area contributed by atoms with Crippen LogP contribution in [0.4, 0.5) is 0 Å². The number of benzene rings is 2. The molecular formula is C19H19N3O. The smallest absolute Gasteiger partial charge is 0.251 e. The van der Waals surface area contributed by atoms with Gasteiger partial charge in [-0.1, -0.05) is 30.3 Å². The van der Waals surface area contributed by atoms with Gasteiger partial charge < -0.3 is 9.88 Å². The van der Waals surface area contributed by atoms with Gasteiger partial charge in [-0.15, -0.1) is 0 Å². The Hall–Kier alpha value is -2.62. The number of carbonyl (C=O) groups is 1. The minimum Gasteiger partial charge on any atom is -0.347 e. The molecule has 1 saturated carbocycles. The highest BCUT2D eigenvalue weighted by Crippen LogP contribution is 2.30. The highest BCUT2D eigenvalue weighted by atomic mass is 16.1. The lowest BCUT2D eigenvalue weighted by molar-refractivity contribution is 0.0929. The molecule has 1 aromatic heterocycles.